The fraction of sp³-hybridized carbons (Fsp3) is 0.615. The highest BCUT2D eigenvalue weighted by atomic mass is 16.5. The predicted molar refractivity (Wildman–Crippen MR) is 72.6 cm³/mol. The van der Waals surface area contributed by atoms with E-state index in [9.17, 15) is 0 Å². The quantitative estimate of drug-likeness (QED) is 0.765. The van der Waals surface area contributed by atoms with Gasteiger partial charge in [0.2, 0.25) is 0 Å². The van der Waals surface area contributed by atoms with Gasteiger partial charge in [0.05, 0.1) is 29.4 Å². The summed E-state index contributed by atoms with van der Waals surface area (Å²) in [6, 6.07) is 2.05. The van der Waals surface area contributed by atoms with Crippen LogP contribution in [0.4, 0.5) is 11.4 Å². The van der Waals surface area contributed by atoms with Crippen LogP contribution in [0, 0.1) is 0 Å². The molecule has 1 heterocycles. The van der Waals surface area contributed by atoms with E-state index in [1.807, 2.05) is 19.3 Å². The summed E-state index contributed by atoms with van der Waals surface area (Å²) in [5.41, 5.74) is 1.88. The molecule has 2 N–H and O–H groups in total. The van der Waals surface area contributed by atoms with Crippen LogP contribution in [0.5, 0.6) is 0 Å². The number of hydrogen-bond acceptors (Lipinski definition) is 4. The number of ether oxygens (including phenoxy) is 1. The van der Waals surface area contributed by atoms with E-state index in [-0.39, 0.29) is 5.60 Å². The zero-order chi connectivity index (χ0) is 12.7. The third-order valence-corrected chi connectivity index (χ3v) is 2.37. The fourth-order valence-corrected chi connectivity index (χ4v) is 1.59. The van der Waals surface area contributed by atoms with Gasteiger partial charge in [-0.05, 0) is 33.8 Å². The van der Waals surface area contributed by atoms with E-state index in [1.165, 1.54) is 0 Å². The molecule has 0 unspecified atom stereocenters. The number of hydrogen-bond donors (Lipinski definition) is 2. The molecule has 0 aliphatic rings. The molecule has 0 saturated carbocycles. The first kappa shape index (κ1) is 13.8. The van der Waals surface area contributed by atoms with Gasteiger partial charge in [0, 0.05) is 19.7 Å². The first-order valence-corrected chi connectivity index (χ1v) is 6.14. The molecule has 4 nitrogen and oxygen atoms in total. The van der Waals surface area contributed by atoms with Crippen molar-refractivity contribution in [1.29, 1.82) is 0 Å². The minimum Gasteiger partial charge on any atom is -0.384 e. The first-order valence-electron chi connectivity index (χ1n) is 6.14. The van der Waals surface area contributed by atoms with Crippen LogP contribution in [-0.2, 0) is 4.74 Å². The molecule has 0 atom stereocenters. The number of aromatic nitrogens is 1. The Labute approximate surface area is 104 Å². The fourth-order valence-electron chi connectivity index (χ4n) is 1.59. The second kappa shape index (κ2) is 6.45. The van der Waals surface area contributed by atoms with E-state index in [0.717, 1.165) is 31.1 Å². The number of nitrogens with one attached hydrogen (secondary N) is 2. The van der Waals surface area contributed by atoms with Crippen molar-refractivity contribution in [3.8, 4) is 0 Å². The number of pyridine rings is 1. The SMILES string of the molecule is CCNc1cncc(NCC(C)(C)OCC)c1. The summed E-state index contributed by atoms with van der Waals surface area (Å²) in [6.07, 6.45) is 3.64. The monoisotopic (exact) mass is 237 g/mol. The number of nitrogens with zero attached hydrogens (tertiary/aromatic N) is 1. The van der Waals surface area contributed by atoms with Crippen molar-refractivity contribution in [1.82, 2.24) is 4.98 Å². The zero-order valence-electron chi connectivity index (χ0n) is 11.2. The third-order valence-electron chi connectivity index (χ3n) is 2.37. The second-order valence-corrected chi connectivity index (χ2v) is 4.54. The van der Waals surface area contributed by atoms with Crippen LogP contribution in [0.3, 0.4) is 0 Å². The largest absolute Gasteiger partial charge is 0.384 e. The van der Waals surface area contributed by atoms with E-state index in [4.69, 9.17) is 4.74 Å². The minimum atomic E-state index is -0.164. The molecule has 0 amide bonds. The van der Waals surface area contributed by atoms with Crippen molar-refractivity contribution in [3.63, 3.8) is 0 Å². The van der Waals surface area contributed by atoms with Crippen LogP contribution in [0.1, 0.15) is 27.7 Å². The summed E-state index contributed by atoms with van der Waals surface area (Å²) in [7, 11) is 0. The van der Waals surface area contributed by atoms with Crippen molar-refractivity contribution in [3.05, 3.63) is 18.5 Å². The van der Waals surface area contributed by atoms with Gasteiger partial charge in [0.1, 0.15) is 0 Å². The van der Waals surface area contributed by atoms with Crippen LogP contribution in [0.2, 0.25) is 0 Å². The summed E-state index contributed by atoms with van der Waals surface area (Å²) in [5, 5.41) is 6.58. The normalized spacial score (nSPS) is 11.3. The van der Waals surface area contributed by atoms with E-state index in [2.05, 4.69) is 42.5 Å². The Kier molecular flexibility index (Phi) is 5.22. The minimum absolute atomic E-state index is 0.164. The van der Waals surface area contributed by atoms with Crippen molar-refractivity contribution in [2.45, 2.75) is 33.3 Å². The molecule has 0 aromatic carbocycles. The van der Waals surface area contributed by atoms with Crippen LogP contribution >= 0.6 is 0 Å². The summed E-state index contributed by atoms with van der Waals surface area (Å²) in [4.78, 5) is 4.18. The van der Waals surface area contributed by atoms with E-state index < -0.39 is 0 Å². The Bertz CT molecular complexity index is 339. The smallest absolute Gasteiger partial charge is 0.0797 e. The van der Waals surface area contributed by atoms with Gasteiger partial charge in [-0.3, -0.25) is 4.98 Å². The first-order chi connectivity index (χ1) is 8.07. The summed E-state index contributed by atoms with van der Waals surface area (Å²) >= 11 is 0. The van der Waals surface area contributed by atoms with Crippen LogP contribution in [0.25, 0.3) is 0 Å². The molecule has 0 spiro atoms. The average Bonchev–Trinajstić information content (AvgIpc) is 2.28. The predicted octanol–water partition coefficient (Wildman–Crippen LogP) is 2.74. The molecular weight excluding hydrogens is 214 g/mol. The number of rotatable bonds is 7. The van der Waals surface area contributed by atoms with E-state index >= 15 is 0 Å². The Morgan fingerprint density at radius 3 is 2.41 bits per heavy atom. The molecule has 0 aliphatic carbocycles. The van der Waals surface area contributed by atoms with Crippen LogP contribution in [0.15, 0.2) is 18.5 Å². The Hall–Kier alpha value is -1.29. The topological polar surface area (TPSA) is 46.2 Å². The van der Waals surface area contributed by atoms with Gasteiger partial charge in [0.15, 0.2) is 0 Å². The van der Waals surface area contributed by atoms with E-state index in [0.29, 0.717) is 0 Å². The molecular formula is C13H23N3O. The highest BCUT2D eigenvalue weighted by molar-refractivity contribution is 5.53. The molecule has 0 bridgehead atoms. The van der Waals surface area contributed by atoms with E-state index in [1.54, 1.807) is 0 Å². The second-order valence-electron chi connectivity index (χ2n) is 4.54. The lowest BCUT2D eigenvalue weighted by Gasteiger charge is -2.25. The molecule has 96 valence electrons. The van der Waals surface area contributed by atoms with Gasteiger partial charge in [-0.25, -0.2) is 0 Å². The van der Waals surface area contributed by atoms with Gasteiger partial charge < -0.3 is 15.4 Å². The van der Waals surface area contributed by atoms with Crippen molar-refractivity contribution in [2.75, 3.05) is 30.3 Å². The Morgan fingerprint density at radius 1 is 1.18 bits per heavy atom. The Morgan fingerprint density at radius 2 is 1.82 bits per heavy atom. The lowest BCUT2D eigenvalue weighted by atomic mass is 10.1. The number of anilines is 2. The molecule has 1 aromatic heterocycles. The van der Waals surface area contributed by atoms with Crippen molar-refractivity contribution < 1.29 is 4.74 Å². The molecule has 1 aromatic rings. The van der Waals surface area contributed by atoms with Crippen molar-refractivity contribution in [2.24, 2.45) is 0 Å². The maximum atomic E-state index is 5.63. The summed E-state index contributed by atoms with van der Waals surface area (Å²) in [5.74, 6) is 0. The van der Waals surface area contributed by atoms with Crippen LogP contribution in [-0.4, -0.2) is 30.3 Å². The maximum absolute atomic E-state index is 5.63. The average molecular weight is 237 g/mol. The van der Waals surface area contributed by atoms with Crippen LogP contribution < -0.4 is 10.6 Å². The summed E-state index contributed by atoms with van der Waals surface area (Å²) in [6.45, 7) is 10.6. The standard InChI is InChI=1S/C13H23N3O/c1-5-15-11-7-12(9-14-8-11)16-10-13(3,4)17-6-2/h7-9,15-16H,5-6,10H2,1-4H3. The van der Waals surface area contributed by atoms with Gasteiger partial charge in [0.25, 0.3) is 0 Å². The van der Waals surface area contributed by atoms with Gasteiger partial charge >= 0.3 is 0 Å². The summed E-state index contributed by atoms with van der Waals surface area (Å²) < 4.78 is 5.63. The molecule has 0 aliphatic heterocycles. The molecule has 0 fully saturated rings. The maximum Gasteiger partial charge on any atom is 0.0797 e. The highest BCUT2D eigenvalue weighted by Gasteiger charge is 2.16. The third kappa shape index (κ3) is 5.04. The van der Waals surface area contributed by atoms with Crippen molar-refractivity contribution >= 4 is 11.4 Å². The van der Waals surface area contributed by atoms with Gasteiger partial charge in [-0.1, -0.05) is 0 Å². The van der Waals surface area contributed by atoms with Gasteiger partial charge in [-0.15, -0.1) is 0 Å². The van der Waals surface area contributed by atoms with Gasteiger partial charge in [-0.2, -0.15) is 0 Å². The molecule has 1 rings (SSSR count). The lowest BCUT2D eigenvalue weighted by Crippen LogP contribution is -2.33. The molecule has 0 saturated heterocycles. The Balaban J connectivity index is 2.53. The lowest BCUT2D eigenvalue weighted by molar-refractivity contribution is 0.000695. The molecule has 0 radical (unpaired) electrons. The molecule has 4 heteroatoms. The zero-order valence-corrected chi connectivity index (χ0v) is 11.2. The molecule has 17 heavy (non-hydrogen) atoms. The highest BCUT2D eigenvalue weighted by Crippen LogP contribution is 2.15.